The molecule has 0 spiro atoms. The van der Waals surface area contributed by atoms with Crippen LogP contribution >= 0.6 is 0 Å². The summed E-state index contributed by atoms with van der Waals surface area (Å²) in [5.41, 5.74) is 2.24. The SMILES string of the molecule is CCCN(C)c1ccc2c(c1)N(C)C(=O)C2=O. The van der Waals surface area contributed by atoms with Crippen molar-refractivity contribution in [3.63, 3.8) is 0 Å². The van der Waals surface area contributed by atoms with Crippen LogP contribution in [0.15, 0.2) is 18.2 Å². The molecule has 90 valence electrons. The molecule has 1 heterocycles. The monoisotopic (exact) mass is 232 g/mol. The number of carbonyl (C=O) groups excluding carboxylic acids is 2. The van der Waals surface area contributed by atoms with Gasteiger partial charge in [-0.05, 0) is 24.6 Å². The Labute approximate surface area is 101 Å². The van der Waals surface area contributed by atoms with Crippen molar-refractivity contribution >= 4 is 23.1 Å². The van der Waals surface area contributed by atoms with E-state index in [2.05, 4.69) is 11.8 Å². The summed E-state index contributed by atoms with van der Waals surface area (Å²) < 4.78 is 0. The van der Waals surface area contributed by atoms with Crippen LogP contribution in [0.25, 0.3) is 0 Å². The summed E-state index contributed by atoms with van der Waals surface area (Å²) in [4.78, 5) is 26.7. The zero-order valence-corrected chi connectivity index (χ0v) is 10.4. The molecule has 17 heavy (non-hydrogen) atoms. The number of Topliss-reactive ketones (excluding diaryl/α,β-unsaturated/α-hetero) is 1. The second kappa shape index (κ2) is 4.20. The summed E-state index contributed by atoms with van der Waals surface area (Å²) in [6.45, 7) is 3.06. The molecule has 0 N–H and O–H groups in total. The zero-order valence-electron chi connectivity index (χ0n) is 10.4. The Bertz CT molecular complexity index is 482. The van der Waals surface area contributed by atoms with Crippen molar-refractivity contribution in [3.05, 3.63) is 23.8 Å². The Hall–Kier alpha value is -1.84. The van der Waals surface area contributed by atoms with E-state index in [0.29, 0.717) is 11.3 Å². The van der Waals surface area contributed by atoms with Crippen molar-refractivity contribution < 1.29 is 9.59 Å². The average Bonchev–Trinajstić information content (AvgIpc) is 2.55. The van der Waals surface area contributed by atoms with Crippen molar-refractivity contribution in [2.75, 3.05) is 30.4 Å². The molecule has 0 radical (unpaired) electrons. The van der Waals surface area contributed by atoms with E-state index in [1.54, 1.807) is 13.1 Å². The minimum absolute atomic E-state index is 0.410. The number of amides is 1. The number of hydrogen-bond acceptors (Lipinski definition) is 3. The fraction of sp³-hybridized carbons (Fsp3) is 0.385. The average molecular weight is 232 g/mol. The number of benzene rings is 1. The third-order valence-corrected chi connectivity index (χ3v) is 3.09. The zero-order chi connectivity index (χ0) is 12.6. The van der Waals surface area contributed by atoms with E-state index < -0.39 is 11.7 Å². The standard InChI is InChI=1S/C13H16N2O2/c1-4-7-14(2)9-5-6-10-11(8-9)15(3)13(17)12(10)16/h5-6,8H,4,7H2,1-3H3. The van der Waals surface area contributed by atoms with E-state index >= 15 is 0 Å². The van der Waals surface area contributed by atoms with Crippen molar-refractivity contribution in [1.29, 1.82) is 0 Å². The molecule has 0 bridgehead atoms. The van der Waals surface area contributed by atoms with Gasteiger partial charge < -0.3 is 9.80 Å². The van der Waals surface area contributed by atoms with Crippen molar-refractivity contribution in [2.24, 2.45) is 0 Å². The van der Waals surface area contributed by atoms with Crippen molar-refractivity contribution in [1.82, 2.24) is 0 Å². The lowest BCUT2D eigenvalue weighted by atomic mass is 10.1. The maximum Gasteiger partial charge on any atom is 0.299 e. The summed E-state index contributed by atoms with van der Waals surface area (Å²) >= 11 is 0. The normalized spacial score (nSPS) is 14.2. The highest BCUT2D eigenvalue weighted by molar-refractivity contribution is 6.52. The molecule has 0 aliphatic carbocycles. The van der Waals surface area contributed by atoms with Gasteiger partial charge >= 0.3 is 0 Å². The molecule has 0 fully saturated rings. The van der Waals surface area contributed by atoms with Gasteiger partial charge in [0.25, 0.3) is 11.7 Å². The fourth-order valence-electron chi connectivity index (χ4n) is 2.07. The molecule has 4 nitrogen and oxygen atoms in total. The Balaban J connectivity index is 2.39. The number of likely N-dealkylation sites (N-methyl/N-ethyl adjacent to an activating group) is 1. The summed E-state index contributed by atoms with van der Waals surface area (Å²) in [5.74, 6) is -0.859. The minimum atomic E-state index is -0.449. The number of fused-ring (bicyclic) bond motifs is 1. The maximum atomic E-state index is 11.6. The number of anilines is 2. The number of carbonyl (C=O) groups is 2. The molecular weight excluding hydrogens is 216 g/mol. The highest BCUT2D eigenvalue weighted by Crippen LogP contribution is 2.31. The second-order valence-electron chi connectivity index (χ2n) is 4.32. The van der Waals surface area contributed by atoms with Crippen LogP contribution in [0.3, 0.4) is 0 Å². The van der Waals surface area contributed by atoms with Crippen molar-refractivity contribution in [3.8, 4) is 0 Å². The van der Waals surface area contributed by atoms with E-state index in [4.69, 9.17) is 0 Å². The van der Waals surface area contributed by atoms with E-state index in [-0.39, 0.29) is 0 Å². The smallest absolute Gasteiger partial charge is 0.299 e. The summed E-state index contributed by atoms with van der Waals surface area (Å²) in [5, 5.41) is 0. The number of rotatable bonds is 3. The largest absolute Gasteiger partial charge is 0.375 e. The van der Waals surface area contributed by atoms with Gasteiger partial charge in [0.15, 0.2) is 0 Å². The molecule has 4 heteroatoms. The van der Waals surface area contributed by atoms with Gasteiger partial charge in [-0.25, -0.2) is 0 Å². The van der Waals surface area contributed by atoms with Gasteiger partial charge in [0, 0.05) is 26.3 Å². The molecule has 1 aromatic rings. The summed E-state index contributed by atoms with van der Waals surface area (Å²) in [6.07, 6.45) is 1.06. The van der Waals surface area contributed by atoms with Gasteiger partial charge in [0.1, 0.15) is 0 Å². The van der Waals surface area contributed by atoms with Crippen LogP contribution in [0.5, 0.6) is 0 Å². The Morgan fingerprint density at radius 3 is 2.65 bits per heavy atom. The van der Waals surface area contributed by atoms with Crippen LogP contribution < -0.4 is 9.80 Å². The lowest BCUT2D eigenvalue weighted by molar-refractivity contribution is -0.114. The van der Waals surface area contributed by atoms with Gasteiger partial charge in [0.05, 0.1) is 11.3 Å². The van der Waals surface area contributed by atoms with E-state index in [1.807, 2.05) is 19.2 Å². The number of hydrogen-bond donors (Lipinski definition) is 0. The predicted octanol–water partition coefficient (Wildman–Crippen LogP) is 1.69. The highest BCUT2D eigenvalue weighted by Gasteiger charge is 2.33. The first kappa shape index (κ1) is 11.6. The van der Waals surface area contributed by atoms with Gasteiger partial charge in [0.2, 0.25) is 0 Å². The van der Waals surface area contributed by atoms with Crippen LogP contribution in [0.4, 0.5) is 11.4 Å². The van der Waals surface area contributed by atoms with Crippen LogP contribution in [0.1, 0.15) is 23.7 Å². The first-order chi connectivity index (χ1) is 8.06. The number of ketones is 1. The fourth-order valence-corrected chi connectivity index (χ4v) is 2.07. The third kappa shape index (κ3) is 1.79. The number of nitrogens with zero attached hydrogens (tertiary/aromatic N) is 2. The topological polar surface area (TPSA) is 40.6 Å². The molecule has 0 saturated carbocycles. The third-order valence-electron chi connectivity index (χ3n) is 3.09. The first-order valence-electron chi connectivity index (χ1n) is 5.73. The van der Waals surface area contributed by atoms with Crippen LogP contribution in [-0.4, -0.2) is 32.3 Å². The molecule has 1 amide bonds. The van der Waals surface area contributed by atoms with Gasteiger partial charge in [-0.1, -0.05) is 6.92 Å². The maximum absolute atomic E-state index is 11.6. The van der Waals surface area contributed by atoms with Gasteiger partial charge in [-0.3, -0.25) is 9.59 Å². The predicted molar refractivity (Wildman–Crippen MR) is 67.7 cm³/mol. The summed E-state index contributed by atoms with van der Waals surface area (Å²) in [7, 11) is 3.64. The molecule has 1 aromatic carbocycles. The molecule has 1 aliphatic heterocycles. The van der Waals surface area contributed by atoms with E-state index in [1.165, 1.54) is 4.90 Å². The molecule has 0 aromatic heterocycles. The quantitative estimate of drug-likeness (QED) is 0.745. The van der Waals surface area contributed by atoms with Gasteiger partial charge in [-0.2, -0.15) is 0 Å². The van der Waals surface area contributed by atoms with E-state index in [0.717, 1.165) is 18.7 Å². The molecule has 0 atom stereocenters. The second-order valence-corrected chi connectivity index (χ2v) is 4.32. The molecule has 0 saturated heterocycles. The summed E-state index contributed by atoms with van der Waals surface area (Å²) in [6, 6.07) is 5.52. The lowest BCUT2D eigenvalue weighted by Crippen LogP contribution is -2.25. The lowest BCUT2D eigenvalue weighted by Gasteiger charge is -2.20. The molecule has 2 rings (SSSR count). The van der Waals surface area contributed by atoms with Crippen molar-refractivity contribution in [2.45, 2.75) is 13.3 Å². The van der Waals surface area contributed by atoms with E-state index in [9.17, 15) is 9.59 Å². The van der Waals surface area contributed by atoms with Crippen LogP contribution in [0, 0.1) is 0 Å². The Morgan fingerprint density at radius 2 is 2.00 bits per heavy atom. The highest BCUT2D eigenvalue weighted by atomic mass is 16.2. The Kier molecular flexibility index (Phi) is 2.88. The Morgan fingerprint density at radius 1 is 1.29 bits per heavy atom. The van der Waals surface area contributed by atoms with Crippen LogP contribution in [-0.2, 0) is 4.79 Å². The molecular formula is C13H16N2O2. The first-order valence-corrected chi connectivity index (χ1v) is 5.73. The van der Waals surface area contributed by atoms with Gasteiger partial charge in [-0.15, -0.1) is 0 Å². The minimum Gasteiger partial charge on any atom is -0.375 e. The van der Waals surface area contributed by atoms with Crippen LogP contribution in [0.2, 0.25) is 0 Å². The molecule has 1 aliphatic rings. The molecule has 0 unspecified atom stereocenters.